The van der Waals surface area contributed by atoms with Crippen LogP contribution in [-0.2, 0) is 11.2 Å². The second kappa shape index (κ2) is 7.23. The van der Waals surface area contributed by atoms with Gasteiger partial charge in [0.25, 0.3) is 0 Å². The predicted molar refractivity (Wildman–Crippen MR) is 81.3 cm³/mol. The van der Waals surface area contributed by atoms with Gasteiger partial charge in [-0.25, -0.2) is 4.39 Å². The summed E-state index contributed by atoms with van der Waals surface area (Å²) in [5.74, 6) is -0.397. The van der Waals surface area contributed by atoms with Gasteiger partial charge in [0.15, 0.2) is 0 Å². The standard InChI is InChI=1S/C17H16ClFO2/c1-2-21-13-7-5-6-12(10-13)11-15(17(18)20)14-8-3-4-9-16(14)19/h3-10,15H,2,11H2,1H3. The molecular weight excluding hydrogens is 291 g/mol. The van der Waals surface area contributed by atoms with Gasteiger partial charge in [-0.15, -0.1) is 0 Å². The van der Waals surface area contributed by atoms with Crippen molar-refractivity contribution in [2.24, 2.45) is 0 Å². The smallest absolute Gasteiger partial charge is 0.229 e. The summed E-state index contributed by atoms with van der Waals surface area (Å²) in [7, 11) is 0. The molecule has 2 nitrogen and oxygen atoms in total. The van der Waals surface area contributed by atoms with Gasteiger partial charge in [0.2, 0.25) is 5.24 Å². The van der Waals surface area contributed by atoms with E-state index in [0.29, 0.717) is 18.6 Å². The minimum atomic E-state index is -0.704. The maximum atomic E-state index is 13.9. The minimum absolute atomic E-state index is 0.319. The monoisotopic (exact) mass is 306 g/mol. The van der Waals surface area contributed by atoms with E-state index >= 15 is 0 Å². The topological polar surface area (TPSA) is 26.3 Å². The van der Waals surface area contributed by atoms with Crippen LogP contribution in [0.1, 0.15) is 24.0 Å². The molecule has 0 aromatic heterocycles. The van der Waals surface area contributed by atoms with Gasteiger partial charge < -0.3 is 4.74 Å². The first-order chi connectivity index (χ1) is 10.1. The molecule has 4 heteroatoms. The average molecular weight is 307 g/mol. The van der Waals surface area contributed by atoms with E-state index < -0.39 is 17.0 Å². The fraction of sp³-hybridized carbons (Fsp3) is 0.235. The van der Waals surface area contributed by atoms with Crippen LogP contribution in [0.5, 0.6) is 5.75 Å². The number of rotatable bonds is 6. The number of hydrogen-bond acceptors (Lipinski definition) is 2. The molecule has 0 aliphatic carbocycles. The molecule has 0 heterocycles. The molecule has 2 rings (SSSR count). The maximum Gasteiger partial charge on any atom is 0.229 e. The van der Waals surface area contributed by atoms with Gasteiger partial charge in [-0.1, -0.05) is 30.3 Å². The second-order valence-electron chi connectivity index (χ2n) is 4.66. The van der Waals surface area contributed by atoms with Crippen LogP contribution in [-0.4, -0.2) is 11.8 Å². The molecule has 0 fully saturated rings. The van der Waals surface area contributed by atoms with E-state index in [0.717, 1.165) is 11.3 Å². The lowest BCUT2D eigenvalue weighted by Crippen LogP contribution is -2.12. The highest BCUT2D eigenvalue weighted by Gasteiger charge is 2.22. The van der Waals surface area contributed by atoms with Gasteiger partial charge in [0, 0.05) is 0 Å². The van der Waals surface area contributed by atoms with Gasteiger partial charge in [-0.3, -0.25) is 4.79 Å². The van der Waals surface area contributed by atoms with Gasteiger partial charge >= 0.3 is 0 Å². The highest BCUT2D eigenvalue weighted by Crippen LogP contribution is 2.27. The Hall–Kier alpha value is -1.87. The van der Waals surface area contributed by atoms with Crippen LogP contribution in [0.15, 0.2) is 48.5 Å². The largest absolute Gasteiger partial charge is 0.494 e. The third-order valence-corrected chi connectivity index (χ3v) is 3.47. The van der Waals surface area contributed by atoms with Crippen molar-refractivity contribution >= 4 is 16.8 Å². The Morgan fingerprint density at radius 2 is 2.00 bits per heavy atom. The second-order valence-corrected chi connectivity index (χ2v) is 5.04. The molecule has 0 N–H and O–H groups in total. The summed E-state index contributed by atoms with van der Waals surface area (Å²) in [6.07, 6.45) is 0.337. The zero-order chi connectivity index (χ0) is 15.2. The molecule has 2 aromatic rings. The Balaban J connectivity index is 2.27. The molecule has 21 heavy (non-hydrogen) atoms. The first-order valence-corrected chi connectivity index (χ1v) is 7.15. The Morgan fingerprint density at radius 1 is 1.24 bits per heavy atom. The number of carbonyl (C=O) groups excluding carboxylic acids is 1. The molecule has 0 radical (unpaired) electrons. The predicted octanol–water partition coefficient (Wildman–Crippen LogP) is 4.32. The van der Waals surface area contributed by atoms with Crippen molar-refractivity contribution in [1.82, 2.24) is 0 Å². The summed E-state index contributed by atoms with van der Waals surface area (Å²) >= 11 is 5.66. The fourth-order valence-electron chi connectivity index (χ4n) is 2.23. The zero-order valence-corrected chi connectivity index (χ0v) is 12.4. The number of benzene rings is 2. The van der Waals surface area contributed by atoms with Crippen LogP contribution in [0.2, 0.25) is 0 Å². The Morgan fingerprint density at radius 3 is 2.67 bits per heavy atom. The molecular formula is C17H16ClFO2. The molecule has 0 spiro atoms. The minimum Gasteiger partial charge on any atom is -0.494 e. The van der Waals surface area contributed by atoms with Crippen molar-refractivity contribution < 1.29 is 13.9 Å². The van der Waals surface area contributed by atoms with Crippen molar-refractivity contribution in [2.75, 3.05) is 6.61 Å². The molecule has 1 atom stereocenters. The molecule has 0 aliphatic rings. The Kier molecular flexibility index (Phi) is 5.34. The van der Waals surface area contributed by atoms with Crippen LogP contribution in [0, 0.1) is 5.82 Å². The van der Waals surface area contributed by atoms with Gasteiger partial charge in [-0.2, -0.15) is 0 Å². The lowest BCUT2D eigenvalue weighted by Gasteiger charge is -2.14. The molecule has 0 amide bonds. The van der Waals surface area contributed by atoms with Crippen molar-refractivity contribution in [3.05, 3.63) is 65.5 Å². The molecule has 110 valence electrons. The summed E-state index contributed by atoms with van der Waals surface area (Å²) in [5, 5.41) is -0.568. The van der Waals surface area contributed by atoms with E-state index in [-0.39, 0.29) is 0 Å². The van der Waals surface area contributed by atoms with Crippen molar-refractivity contribution in [1.29, 1.82) is 0 Å². The molecule has 0 saturated carbocycles. The van der Waals surface area contributed by atoms with Crippen LogP contribution in [0.3, 0.4) is 0 Å². The molecule has 0 aliphatic heterocycles. The number of halogens is 2. The fourth-order valence-corrected chi connectivity index (χ4v) is 2.43. The van der Waals surface area contributed by atoms with Gasteiger partial charge in [0.05, 0.1) is 12.5 Å². The maximum absolute atomic E-state index is 13.9. The van der Waals surface area contributed by atoms with E-state index in [1.807, 2.05) is 31.2 Å². The molecule has 0 saturated heterocycles. The van der Waals surface area contributed by atoms with E-state index in [1.54, 1.807) is 18.2 Å². The highest BCUT2D eigenvalue weighted by molar-refractivity contribution is 6.64. The summed E-state index contributed by atoms with van der Waals surface area (Å²) in [4.78, 5) is 11.7. The average Bonchev–Trinajstić information content (AvgIpc) is 2.46. The SMILES string of the molecule is CCOc1cccc(CC(C(=O)Cl)c2ccccc2F)c1. The first kappa shape index (κ1) is 15.5. The normalized spacial score (nSPS) is 12.0. The molecule has 0 bridgehead atoms. The van der Waals surface area contributed by atoms with Crippen LogP contribution in [0.4, 0.5) is 4.39 Å². The van der Waals surface area contributed by atoms with Gasteiger partial charge in [-0.05, 0) is 54.3 Å². The van der Waals surface area contributed by atoms with Crippen molar-refractivity contribution in [2.45, 2.75) is 19.3 Å². The quantitative estimate of drug-likeness (QED) is 0.743. The van der Waals surface area contributed by atoms with E-state index in [1.165, 1.54) is 6.07 Å². The highest BCUT2D eigenvalue weighted by atomic mass is 35.5. The number of ether oxygens (including phenoxy) is 1. The number of hydrogen-bond donors (Lipinski definition) is 0. The third-order valence-electron chi connectivity index (χ3n) is 3.20. The third kappa shape index (κ3) is 4.05. The molecule has 1 unspecified atom stereocenters. The summed E-state index contributed by atoms with van der Waals surface area (Å²) in [6, 6.07) is 13.6. The summed E-state index contributed by atoms with van der Waals surface area (Å²) < 4.78 is 19.3. The van der Waals surface area contributed by atoms with Crippen molar-refractivity contribution in [3.63, 3.8) is 0 Å². The molecule has 2 aromatic carbocycles. The van der Waals surface area contributed by atoms with Crippen LogP contribution < -0.4 is 4.74 Å². The van der Waals surface area contributed by atoms with Gasteiger partial charge in [0.1, 0.15) is 11.6 Å². The Bertz CT molecular complexity index is 628. The Labute approximate surface area is 128 Å². The summed E-state index contributed by atoms with van der Waals surface area (Å²) in [6.45, 7) is 2.46. The van der Waals surface area contributed by atoms with Crippen LogP contribution in [0.25, 0.3) is 0 Å². The lowest BCUT2D eigenvalue weighted by molar-refractivity contribution is -0.113. The van der Waals surface area contributed by atoms with Crippen LogP contribution >= 0.6 is 11.6 Å². The van der Waals surface area contributed by atoms with E-state index in [4.69, 9.17) is 16.3 Å². The zero-order valence-electron chi connectivity index (χ0n) is 11.7. The van der Waals surface area contributed by atoms with Crippen molar-refractivity contribution in [3.8, 4) is 5.75 Å². The first-order valence-electron chi connectivity index (χ1n) is 6.77. The van der Waals surface area contributed by atoms with E-state index in [2.05, 4.69) is 0 Å². The lowest BCUT2D eigenvalue weighted by atomic mass is 9.92. The summed E-state index contributed by atoms with van der Waals surface area (Å²) in [5.41, 5.74) is 1.20. The van der Waals surface area contributed by atoms with E-state index in [9.17, 15) is 9.18 Å². The number of carbonyl (C=O) groups is 1.